The highest BCUT2D eigenvalue weighted by Crippen LogP contribution is 2.30. The van der Waals surface area contributed by atoms with Crippen molar-refractivity contribution < 1.29 is 4.74 Å². The Morgan fingerprint density at radius 3 is 2.80 bits per heavy atom. The molecule has 0 radical (unpaired) electrons. The Hall–Kier alpha value is -1.09. The molecule has 0 unspecified atom stereocenters. The normalized spacial score (nSPS) is 10.9. The first-order chi connectivity index (χ1) is 7.18. The third-order valence-electron chi connectivity index (χ3n) is 2.04. The summed E-state index contributed by atoms with van der Waals surface area (Å²) in [6.07, 6.45) is 1.94. The van der Waals surface area contributed by atoms with Crippen molar-refractivity contribution >= 4 is 26.8 Å². The molecular formula is C12H12BrNO. The van der Waals surface area contributed by atoms with Gasteiger partial charge in [0.1, 0.15) is 11.3 Å². The van der Waals surface area contributed by atoms with E-state index in [0.29, 0.717) is 0 Å². The molecule has 1 aromatic heterocycles. The van der Waals surface area contributed by atoms with E-state index in [1.54, 1.807) is 6.20 Å². The summed E-state index contributed by atoms with van der Waals surface area (Å²) in [6, 6.07) is 7.88. The van der Waals surface area contributed by atoms with E-state index in [1.807, 2.05) is 38.1 Å². The highest BCUT2D eigenvalue weighted by Gasteiger charge is 2.07. The smallest absolute Gasteiger partial charge is 0.145 e. The fraction of sp³-hybridized carbons (Fsp3) is 0.250. The molecule has 78 valence electrons. The van der Waals surface area contributed by atoms with Gasteiger partial charge in [0.25, 0.3) is 0 Å². The van der Waals surface area contributed by atoms with Crippen LogP contribution in [-0.2, 0) is 0 Å². The molecule has 15 heavy (non-hydrogen) atoms. The van der Waals surface area contributed by atoms with E-state index in [2.05, 4.69) is 20.9 Å². The Morgan fingerprint density at radius 1 is 1.27 bits per heavy atom. The summed E-state index contributed by atoms with van der Waals surface area (Å²) in [5.41, 5.74) is 0.903. The average molecular weight is 266 g/mol. The maximum Gasteiger partial charge on any atom is 0.145 e. The molecule has 2 aromatic rings. The summed E-state index contributed by atoms with van der Waals surface area (Å²) in [5.74, 6) is 0.837. The molecule has 0 fully saturated rings. The summed E-state index contributed by atoms with van der Waals surface area (Å²) in [4.78, 5) is 4.34. The lowest BCUT2D eigenvalue weighted by Crippen LogP contribution is -2.06. The van der Waals surface area contributed by atoms with Crippen LogP contribution < -0.4 is 4.74 Å². The second-order valence-corrected chi connectivity index (χ2v) is 4.47. The SMILES string of the molecule is CC(C)Oc1ccc(Br)c2cccnc12. The minimum absolute atomic E-state index is 0.163. The van der Waals surface area contributed by atoms with Gasteiger partial charge in [-0.3, -0.25) is 4.98 Å². The van der Waals surface area contributed by atoms with Crippen LogP contribution in [0.15, 0.2) is 34.9 Å². The Bertz CT molecular complexity index is 482. The van der Waals surface area contributed by atoms with Gasteiger partial charge < -0.3 is 4.74 Å². The van der Waals surface area contributed by atoms with Crippen LogP contribution in [0, 0.1) is 0 Å². The highest BCUT2D eigenvalue weighted by atomic mass is 79.9. The first kappa shape index (κ1) is 10.4. The summed E-state index contributed by atoms with van der Waals surface area (Å²) in [6.45, 7) is 4.02. The molecule has 0 aliphatic carbocycles. The number of fused-ring (bicyclic) bond motifs is 1. The van der Waals surface area contributed by atoms with Crippen LogP contribution in [0.4, 0.5) is 0 Å². The van der Waals surface area contributed by atoms with Gasteiger partial charge in [-0.25, -0.2) is 0 Å². The average Bonchev–Trinajstić information content (AvgIpc) is 2.22. The maximum absolute atomic E-state index is 5.70. The van der Waals surface area contributed by atoms with Crippen LogP contribution in [0.25, 0.3) is 10.9 Å². The molecule has 0 N–H and O–H groups in total. The third kappa shape index (κ3) is 2.12. The zero-order valence-electron chi connectivity index (χ0n) is 8.70. The molecule has 1 aromatic carbocycles. The van der Waals surface area contributed by atoms with E-state index < -0.39 is 0 Å². The van der Waals surface area contributed by atoms with Gasteiger partial charge in [-0.2, -0.15) is 0 Å². The van der Waals surface area contributed by atoms with E-state index in [4.69, 9.17) is 4.74 Å². The van der Waals surface area contributed by atoms with Crippen LogP contribution in [0.1, 0.15) is 13.8 Å². The van der Waals surface area contributed by atoms with Gasteiger partial charge in [-0.15, -0.1) is 0 Å². The first-order valence-corrected chi connectivity index (χ1v) is 5.67. The fourth-order valence-corrected chi connectivity index (χ4v) is 1.91. The molecule has 2 rings (SSSR count). The number of hydrogen-bond donors (Lipinski definition) is 0. The number of benzene rings is 1. The van der Waals surface area contributed by atoms with Gasteiger partial charge in [0.05, 0.1) is 6.10 Å². The van der Waals surface area contributed by atoms with E-state index in [0.717, 1.165) is 21.1 Å². The molecule has 0 aliphatic heterocycles. The Morgan fingerprint density at radius 2 is 2.07 bits per heavy atom. The summed E-state index contributed by atoms with van der Waals surface area (Å²) in [7, 11) is 0. The van der Waals surface area contributed by atoms with Crippen molar-refractivity contribution in [2.24, 2.45) is 0 Å². The van der Waals surface area contributed by atoms with Gasteiger partial charge >= 0.3 is 0 Å². The lowest BCUT2D eigenvalue weighted by Gasteiger charge is -2.12. The number of ether oxygens (including phenoxy) is 1. The molecule has 0 saturated carbocycles. The van der Waals surface area contributed by atoms with Crippen molar-refractivity contribution in [3.8, 4) is 5.75 Å². The number of halogens is 1. The summed E-state index contributed by atoms with van der Waals surface area (Å²) >= 11 is 3.50. The molecule has 0 spiro atoms. The van der Waals surface area contributed by atoms with Gasteiger partial charge in [-0.05, 0) is 32.0 Å². The number of rotatable bonds is 2. The molecule has 0 aliphatic rings. The zero-order chi connectivity index (χ0) is 10.8. The molecular weight excluding hydrogens is 254 g/mol. The second-order valence-electron chi connectivity index (χ2n) is 3.61. The van der Waals surface area contributed by atoms with Gasteiger partial charge in [0.2, 0.25) is 0 Å². The minimum Gasteiger partial charge on any atom is -0.489 e. The monoisotopic (exact) mass is 265 g/mol. The van der Waals surface area contributed by atoms with E-state index in [-0.39, 0.29) is 6.10 Å². The predicted molar refractivity (Wildman–Crippen MR) is 65.2 cm³/mol. The molecule has 3 heteroatoms. The molecule has 0 saturated heterocycles. The quantitative estimate of drug-likeness (QED) is 0.825. The second kappa shape index (κ2) is 4.19. The number of nitrogens with zero attached hydrogens (tertiary/aromatic N) is 1. The van der Waals surface area contributed by atoms with E-state index in [9.17, 15) is 0 Å². The minimum atomic E-state index is 0.163. The molecule has 2 nitrogen and oxygen atoms in total. The van der Waals surface area contributed by atoms with Crippen LogP contribution in [0.3, 0.4) is 0 Å². The van der Waals surface area contributed by atoms with Gasteiger partial charge in [-0.1, -0.05) is 22.0 Å². The number of aromatic nitrogens is 1. The molecule has 0 amide bonds. The Kier molecular flexibility index (Phi) is 2.91. The van der Waals surface area contributed by atoms with Crippen molar-refractivity contribution in [3.63, 3.8) is 0 Å². The summed E-state index contributed by atoms with van der Waals surface area (Å²) < 4.78 is 6.74. The number of hydrogen-bond acceptors (Lipinski definition) is 2. The highest BCUT2D eigenvalue weighted by molar-refractivity contribution is 9.10. The van der Waals surface area contributed by atoms with Crippen molar-refractivity contribution in [2.45, 2.75) is 20.0 Å². The van der Waals surface area contributed by atoms with Gasteiger partial charge in [0.15, 0.2) is 0 Å². The van der Waals surface area contributed by atoms with Crippen LogP contribution >= 0.6 is 15.9 Å². The first-order valence-electron chi connectivity index (χ1n) is 4.88. The Balaban J connectivity index is 2.61. The zero-order valence-corrected chi connectivity index (χ0v) is 10.3. The lowest BCUT2D eigenvalue weighted by molar-refractivity contribution is 0.245. The van der Waals surface area contributed by atoms with Crippen LogP contribution in [-0.4, -0.2) is 11.1 Å². The molecule has 0 atom stereocenters. The Labute approximate surface area is 97.4 Å². The molecule has 0 bridgehead atoms. The maximum atomic E-state index is 5.70. The standard InChI is InChI=1S/C12H12BrNO/c1-8(2)15-11-6-5-10(13)9-4-3-7-14-12(9)11/h3-8H,1-2H3. The molecule has 1 heterocycles. The lowest BCUT2D eigenvalue weighted by atomic mass is 10.2. The van der Waals surface area contributed by atoms with Crippen LogP contribution in [0.5, 0.6) is 5.75 Å². The third-order valence-corrected chi connectivity index (χ3v) is 2.73. The van der Waals surface area contributed by atoms with E-state index in [1.165, 1.54) is 0 Å². The predicted octanol–water partition coefficient (Wildman–Crippen LogP) is 3.78. The van der Waals surface area contributed by atoms with Crippen molar-refractivity contribution in [1.82, 2.24) is 4.98 Å². The fourth-order valence-electron chi connectivity index (χ4n) is 1.46. The van der Waals surface area contributed by atoms with Crippen molar-refractivity contribution in [2.75, 3.05) is 0 Å². The van der Waals surface area contributed by atoms with Gasteiger partial charge in [0, 0.05) is 16.1 Å². The summed E-state index contributed by atoms with van der Waals surface area (Å²) in [5, 5.41) is 1.08. The number of pyridine rings is 1. The van der Waals surface area contributed by atoms with Crippen molar-refractivity contribution in [1.29, 1.82) is 0 Å². The van der Waals surface area contributed by atoms with Crippen molar-refractivity contribution in [3.05, 3.63) is 34.9 Å². The largest absolute Gasteiger partial charge is 0.489 e. The van der Waals surface area contributed by atoms with Crippen LogP contribution in [0.2, 0.25) is 0 Å². The topological polar surface area (TPSA) is 22.1 Å². The van der Waals surface area contributed by atoms with E-state index >= 15 is 0 Å².